The first kappa shape index (κ1) is 26.5. The van der Waals surface area contributed by atoms with Gasteiger partial charge in [0.25, 0.3) is 0 Å². The van der Waals surface area contributed by atoms with Crippen LogP contribution in [-0.2, 0) is 0 Å². The lowest BCUT2D eigenvalue weighted by molar-refractivity contribution is -0.179. The van der Waals surface area contributed by atoms with Crippen molar-refractivity contribution in [3.05, 3.63) is 58.6 Å². The predicted molar refractivity (Wildman–Crippen MR) is 140 cm³/mol. The molecule has 5 rings (SSSR count). The molecule has 0 aliphatic carbocycles. The van der Waals surface area contributed by atoms with E-state index in [1.165, 1.54) is 0 Å². The minimum Gasteiger partial charge on any atom is -0.463 e. The lowest BCUT2D eigenvalue weighted by Gasteiger charge is -2.33. The Morgan fingerprint density at radius 1 is 0.974 bits per heavy atom. The van der Waals surface area contributed by atoms with Crippen molar-refractivity contribution in [2.75, 3.05) is 31.2 Å². The van der Waals surface area contributed by atoms with Gasteiger partial charge < -0.3 is 14.7 Å². The number of hydrogen-bond donors (Lipinski definition) is 1. The lowest BCUT2D eigenvalue weighted by atomic mass is 9.96. The van der Waals surface area contributed by atoms with Crippen molar-refractivity contribution in [3.8, 4) is 23.1 Å². The van der Waals surface area contributed by atoms with Gasteiger partial charge in [0.15, 0.2) is 17.0 Å². The SMILES string of the molecule is OCCCOc1nc(N2CCC(C(F)(F)F)CC2)c2nc(-c3ccccc3Cl)n(-c3ccc(Cl)cc3)c2n1. The standard InChI is InChI=1S/C26H24Cl2F3N5O2/c27-17-6-8-18(9-7-17)36-22(19-4-1-2-5-20(19)28)32-21-23(33-25(34-24(21)36)38-15-3-14-37)35-12-10-16(11-13-35)26(29,30)31/h1-2,4-9,16,37H,3,10-15H2. The Bertz CT molecular complexity index is 1420. The average Bonchev–Trinajstić information content (AvgIpc) is 3.28. The number of halogens is 5. The molecule has 200 valence electrons. The Balaban J connectivity index is 1.70. The highest BCUT2D eigenvalue weighted by atomic mass is 35.5. The molecule has 1 N–H and O–H groups in total. The molecule has 1 aliphatic rings. The maximum Gasteiger partial charge on any atom is 0.391 e. The molecule has 38 heavy (non-hydrogen) atoms. The number of aliphatic hydroxyl groups is 1. The number of fused-ring (bicyclic) bond motifs is 1. The number of ether oxygens (including phenoxy) is 1. The van der Waals surface area contributed by atoms with Crippen molar-refractivity contribution >= 4 is 40.2 Å². The van der Waals surface area contributed by atoms with Crippen molar-refractivity contribution in [1.82, 2.24) is 19.5 Å². The number of rotatable bonds is 7. The minimum atomic E-state index is -4.24. The Morgan fingerprint density at radius 2 is 1.68 bits per heavy atom. The van der Waals surface area contributed by atoms with Crippen LogP contribution in [0.2, 0.25) is 10.0 Å². The Kier molecular flexibility index (Phi) is 7.65. The van der Waals surface area contributed by atoms with E-state index < -0.39 is 12.1 Å². The third-order valence-electron chi connectivity index (χ3n) is 6.46. The summed E-state index contributed by atoms with van der Waals surface area (Å²) < 4.78 is 47.5. The first-order valence-corrected chi connectivity index (χ1v) is 12.9. The van der Waals surface area contributed by atoms with E-state index in [2.05, 4.69) is 9.97 Å². The van der Waals surface area contributed by atoms with Crippen LogP contribution in [0.5, 0.6) is 6.01 Å². The summed E-state index contributed by atoms with van der Waals surface area (Å²) in [6.07, 6.45) is -3.97. The first-order valence-electron chi connectivity index (χ1n) is 12.1. The number of nitrogens with zero attached hydrogens (tertiary/aromatic N) is 5. The molecule has 4 aromatic rings. The van der Waals surface area contributed by atoms with E-state index in [0.717, 1.165) is 0 Å². The van der Waals surface area contributed by atoms with Crippen LogP contribution in [0.25, 0.3) is 28.2 Å². The molecule has 0 unspecified atom stereocenters. The monoisotopic (exact) mass is 565 g/mol. The Labute approximate surface area is 226 Å². The highest BCUT2D eigenvalue weighted by molar-refractivity contribution is 6.33. The number of imidazole rings is 1. The van der Waals surface area contributed by atoms with Crippen LogP contribution in [0, 0.1) is 5.92 Å². The highest BCUT2D eigenvalue weighted by Gasteiger charge is 2.41. The normalized spacial score (nSPS) is 14.8. The number of aromatic nitrogens is 4. The van der Waals surface area contributed by atoms with Crippen LogP contribution < -0.4 is 9.64 Å². The van der Waals surface area contributed by atoms with E-state index in [1.54, 1.807) is 27.7 Å². The van der Waals surface area contributed by atoms with Crippen molar-refractivity contribution in [1.29, 1.82) is 0 Å². The van der Waals surface area contributed by atoms with E-state index in [-0.39, 0.29) is 45.2 Å². The second-order valence-electron chi connectivity index (χ2n) is 8.96. The van der Waals surface area contributed by atoms with Gasteiger partial charge >= 0.3 is 12.2 Å². The van der Waals surface area contributed by atoms with E-state index >= 15 is 0 Å². The van der Waals surface area contributed by atoms with Gasteiger partial charge in [-0.25, -0.2) is 4.98 Å². The molecule has 3 heterocycles. The molecule has 0 radical (unpaired) electrons. The Hall–Kier alpha value is -3.08. The maximum absolute atomic E-state index is 13.3. The van der Waals surface area contributed by atoms with Crippen molar-refractivity contribution < 1.29 is 23.0 Å². The fourth-order valence-electron chi connectivity index (χ4n) is 4.51. The summed E-state index contributed by atoms with van der Waals surface area (Å²) in [6.45, 7) is 0.409. The second kappa shape index (κ2) is 11.0. The third-order valence-corrected chi connectivity index (χ3v) is 7.04. The fourth-order valence-corrected chi connectivity index (χ4v) is 4.86. The molecule has 2 aromatic heterocycles. The van der Waals surface area contributed by atoms with Gasteiger partial charge in [-0.3, -0.25) is 4.57 Å². The van der Waals surface area contributed by atoms with Crippen LogP contribution in [-0.4, -0.2) is 57.1 Å². The number of piperidine rings is 1. The second-order valence-corrected chi connectivity index (χ2v) is 9.80. The summed E-state index contributed by atoms with van der Waals surface area (Å²) in [7, 11) is 0. The molecule has 0 spiro atoms. The molecular weight excluding hydrogens is 542 g/mol. The van der Waals surface area contributed by atoms with Gasteiger partial charge in [0.05, 0.1) is 17.5 Å². The molecule has 0 amide bonds. The lowest BCUT2D eigenvalue weighted by Crippen LogP contribution is -2.39. The number of anilines is 1. The molecule has 12 heteroatoms. The van der Waals surface area contributed by atoms with E-state index in [0.29, 0.717) is 50.5 Å². The van der Waals surface area contributed by atoms with Crippen molar-refractivity contribution in [2.45, 2.75) is 25.4 Å². The quantitative estimate of drug-likeness (QED) is 0.264. The van der Waals surface area contributed by atoms with Gasteiger partial charge in [-0.2, -0.15) is 23.1 Å². The molecular formula is C26H24Cl2F3N5O2. The zero-order valence-electron chi connectivity index (χ0n) is 20.1. The summed E-state index contributed by atoms with van der Waals surface area (Å²) >= 11 is 12.7. The number of alkyl halides is 3. The van der Waals surface area contributed by atoms with Crippen LogP contribution in [0.3, 0.4) is 0 Å². The van der Waals surface area contributed by atoms with Crippen LogP contribution >= 0.6 is 23.2 Å². The molecule has 1 saturated heterocycles. The molecule has 0 saturated carbocycles. The maximum atomic E-state index is 13.3. The molecule has 0 bridgehead atoms. The van der Waals surface area contributed by atoms with E-state index in [4.69, 9.17) is 32.9 Å². The van der Waals surface area contributed by atoms with Gasteiger partial charge in [-0.05, 0) is 49.2 Å². The Morgan fingerprint density at radius 3 is 2.34 bits per heavy atom. The molecule has 1 aliphatic heterocycles. The number of benzene rings is 2. The van der Waals surface area contributed by atoms with Crippen molar-refractivity contribution in [3.63, 3.8) is 0 Å². The highest BCUT2D eigenvalue weighted by Crippen LogP contribution is 2.39. The van der Waals surface area contributed by atoms with E-state index in [9.17, 15) is 18.3 Å². The first-order chi connectivity index (χ1) is 18.3. The van der Waals surface area contributed by atoms with Crippen molar-refractivity contribution in [2.24, 2.45) is 5.92 Å². The number of hydrogen-bond acceptors (Lipinski definition) is 6. The van der Waals surface area contributed by atoms with Gasteiger partial charge in [-0.1, -0.05) is 35.3 Å². The van der Waals surface area contributed by atoms with Gasteiger partial charge in [0.2, 0.25) is 0 Å². The van der Waals surface area contributed by atoms with Gasteiger partial charge in [-0.15, -0.1) is 0 Å². The summed E-state index contributed by atoms with van der Waals surface area (Å²) in [5.74, 6) is -0.488. The third kappa shape index (κ3) is 5.39. The van der Waals surface area contributed by atoms with E-state index in [1.807, 2.05) is 30.3 Å². The topological polar surface area (TPSA) is 76.3 Å². The molecule has 0 atom stereocenters. The minimum absolute atomic E-state index is 0.0414. The summed E-state index contributed by atoms with van der Waals surface area (Å²) in [5.41, 5.74) is 2.17. The van der Waals surface area contributed by atoms with Crippen LogP contribution in [0.15, 0.2) is 48.5 Å². The largest absolute Gasteiger partial charge is 0.463 e. The van der Waals surface area contributed by atoms with Gasteiger partial charge in [0, 0.05) is 42.4 Å². The predicted octanol–water partition coefficient (Wildman–Crippen LogP) is 6.33. The van der Waals surface area contributed by atoms with Crippen LogP contribution in [0.4, 0.5) is 19.0 Å². The van der Waals surface area contributed by atoms with Gasteiger partial charge in [0.1, 0.15) is 5.82 Å². The number of aliphatic hydroxyl groups excluding tert-OH is 1. The zero-order valence-corrected chi connectivity index (χ0v) is 21.6. The fraction of sp³-hybridized carbons (Fsp3) is 0.346. The smallest absolute Gasteiger partial charge is 0.391 e. The zero-order chi connectivity index (χ0) is 26.9. The summed E-state index contributed by atoms with van der Waals surface area (Å²) in [6, 6.07) is 14.4. The summed E-state index contributed by atoms with van der Waals surface area (Å²) in [5, 5.41) is 10.2. The molecule has 2 aromatic carbocycles. The molecule has 1 fully saturated rings. The summed E-state index contributed by atoms with van der Waals surface area (Å²) in [4.78, 5) is 15.9. The average molecular weight is 566 g/mol. The van der Waals surface area contributed by atoms with Crippen LogP contribution in [0.1, 0.15) is 19.3 Å². The molecule has 7 nitrogen and oxygen atoms in total.